The summed E-state index contributed by atoms with van der Waals surface area (Å²) in [4.78, 5) is 3.89. The standard InChI is InChI=1S/C11H17N3O2S3/c1-11(2,18-3)7-14-19(15,16)8-5-4-6-13-9(8)10(12)17/h4-6,14H,7H2,1-3H3,(H2,12,17). The summed E-state index contributed by atoms with van der Waals surface area (Å²) in [6.07, 6.45) is 3.39. The van der Waals surface area contributed by atoms with Crippen LogP contribution in [0.1, 0.15) is 19.5 Å². The fourth-order valence-corrected chi connectivity index (χ4v) is 3.13. The quantitative estimate of drug-likeness (QED) is 0.765. The van der Waals surface area contributed by atoms with Crippen molar-refractivity contribution in [2.45, 2.75) is 23.5 Å². The Morgan fingerprint density at radius 2 is 2.21 bits per heavy atom. The second-order valence-electron chi connectivity index (χ2n) is 4.50. The molecule has 1 rings (SSSR count). The molecular formula is C11H17N3O2S3. The second-order valence-corrected chi connectivity index (χ2v) is 8.19. The molecule has 0 spiro atoms. The first-order chi connectivity index (χ1) is 8.69. The maximum atomic E-state index is 12.2. The average molecular weight is 319 g/mol. The van der Waals surface area contributed by atoms with Gasteiger partial charge in [-0.25, -0.2) is 13.1 Å². The molecule has 0 saturated heterocycles. The van der Waals surface area contributed by atoms with Gasteiger partial charge in [-0.2, -0.15) is 11.8 Å². The lowest BCUT2D eigenvalue weighted by Gasteiger charge is -2.22. The van der Waals surface area contributed by atoms with Crippen molar-refractivity contribution in [3.63, 3.8) is 0 Å². The third kappa shape index (κ3) is 4.41. The van der Waals surface area contributed by atoms with Crippen molar-refractivity contribution in [1.82, 2.24) is 9.71 Å². The van der Waals surface area contributed by atoms with Crippen LogP contribution >= 0.6 is 24.0 Å². The number of nitrogens with zero attached hydrogens (tertiary/aromatic N) is 1. The zero-order valence-electron chi connectivity index (χ0n) is 11.0. The first-order valence-corrected chi connectivity index (χ1v) is 8.61. The van der Waals surface area contributed by atoms with Gasteiger partial charge in [0.25, 0.3) is 0 Å². The van der Waals surface area contributed by atoms with Gasteiger partial charge in [0.15, 0.2) is 0 Å². The average Bonchev–Trinajstić information content (AvgIpc) is 2.37. The van der Waals surface area contributed by atoms with E-state index in [0.717, 1.165) is 0 Å². The number of nitrogens with two attached hydrogens (primary N) is 1. The van der Waals surface area contributed by atoms with Gasteiger partial charge in [-0.3, -0.25) is 4.98 Å². The first-order valence-electron chi connectivity index (χ1n) is 5.49. The summed E-state index contributed by atoms with van der Waals surface area (Å²) in [6.45, 7) is 4.22. The number of aromatic nitrogens is 1. The predicted molar refractivity (Wildman–Crippen MR) is 82.9 cm³/mol. The van der Waals surface area contributed by atoms with Crippen LogP contribution in [0.5, 0.6) is 0 Å². The maximum absolute atomic E-state index is 12.2. The Balaban J connectivity index is 3.05. The Morgan fingerprint density at radius 1 is 1.58 bits per heavy atom. The number of sulfonamides is 1. The summed E-state index contributed by atoms with van der Waals surface area (Å²) < 4.78 is 26.9. The van der Waals surface area contributed by atoms with Crippen molar-refractivity contribution < 1.29 is 8.42 Å². The molecular weight excluding hydrogens is 302 g/mol. The molecule has 19 heavy (non-hydrogen) atoms. The van der Waals surface area contributed by atoms with Crippen LogP contribution in [0.2, 0.25) is 0 Å². The SMILES string of the molecule is CSC(C)(C)CNS(=O)(=O)c1cccnc1C(N)=S. The summed E-state index contributed by atoms with van der Waals surface area (Å²) in [5, 5.41) is 0. The lowest BCUT2D eigenvalue weighted by atomic mass is 10.2. The van der Waals surface area contributed by atoms with E-state index >= 15 is 0 Å². The van der Waals surface area contributed by atoms with Crippen LogP contribution in [0.25, 0.3) is 0 Å². The second kappa shape index (κ2) is 6.17. The number of thioether (sulfide) groups is 1. The van der Waals surface area contributed by atoms with Gasteiger partial charge in [0.2, 0.25) is 10.0 Å². The highest BCUT2D eigenvalue weighted by molar-refractivity contribution is 8.00. The van der Waals surface area contributed by atoms with Gasteiger partial charge in [-0.05, 0) is 32.2 Å². The molecule has 0 saturated carbocycles. The van der Waals surface area contributed by atoms with Gasteiger partial charge >= 0.3 is 0 Å². The Bertz CT molecular complexity index is 570. The lowest BCUT2D eigenvalue weighted by molar-refractivity contribution is 0.570. The number of thiocarbonyl (C=S) groups is 1. The van der Waals surface area contributed by atoms with E-state index in [0.29, 0.717) is 6.54 Å². The predicted octanol–water partition coefficient (Wildman–Crippen LogP) is 1.14. The number of pyridine rings is 1. The highest BCUT2D eigenvalue weighted by Gasteiger charge is 2.24. The molecule has 106 valence electrons. The number of hydrogen-bond acceptors (Lipinski definition) is 5. The van der Waals surface area contributed by atoms with Gasteiger partial charge in [0.05, 0.1) is 0 Å². The fourth-order valence-electron chi connectivity index (χ4n) is 1.21. The molecule has 0 unspecified atom stereocenters. The van der Waals surface area contributed by atoms with Crippen LogP contribution in [0.15, 0.2) is 23.2 Å². The van der Waals surface area contributed by atoms with E-state index in [4.69, 9.17) is 18.0 Å². The van der Waals surface area contributed by atoms with Crippen molar-refractivity contribution in [2.24, 2.45) is 5.73 Å². The van der Waals surface area contributed by atoms with Gasteiger partial charge in [-0.1, -0.05) is 12.2 Å². The molecule has 0 aliphatic heterocycles. The third-order valence-corrected chi connectivity index (χ3v) is 5.41. The van der Waals surface area contributed by atoms with E-state index in [-0.39, 0.29) is 20.3 Å². The van der Waals surface area contributed by atoms with Crippen molar-refractivity contribution >= 4 is 39.0 Å². The van der Waals surface area contributed by atoms with Gasteiger partial charge in [0.1, 0.15) is 15.6 Å². The molecule has 0 radical (unpaired) electrons. The molecule has 1 heterocycles. The Morgan fingerprint density at radius 3 is 2.74 bits per heavy atom. The van der Waals surface area contributed by atoms with E-state index in [2.05, 4.69) is 9.71 Å². The monoisotopic (exact) mass is 319 g/mol. The molecule has 5 nitrogen and oxygen atoms in total. The minimum absolute atomic E-state index is 0.0133. The minimum atomic E-state index is -3.67. The zero-order chi connectivity index (χ0) is 14.7. The molecule has 0 aliphatic carbocycles. The Labute approximate surface area is 123 Å². The first kappa shape index (κ1) is 16.4. The molecule has 0 bridgehead atoms. The number of rotatable bonds is 6. The molecule has 0 aromatic carbocycles. The van der Waals surface area contributed by atoms with Gasteiger partial charge < -0.3 is 5.73 Å². The van der Waals surface area contributed by atoms with Crippen molar-refractivity contribution in [3.8, 4) is 0 Å². The molecule has 0 fully saturated rings. The topological polar surface area (TPSA) is 85.1 Å². The summed E-state index contributed by atoms with van der Waals surface area (Å²) in [5.74, 6) is 0. The molecule has 0 amide bonds. The molecule has 0 aliphatic rings. The number of hydrogen-bond donors (Lipinski definition) is 2. The van der Waals surface area contributed by atoms with Crippen molar-refractivity contribution in [1.29, 1.82) is 0 Å². The summed E-state index contributed by atoms with van der Waals surface area (Å²) in [5.41, 5.74) is 5.61. The summed E-state index contributed by atoms with van der Waals surface area (Å²) in [7, 11) is -3.67. The zero-order valence-corrected chi connectivity index (χ0v) is 13.5. The molecule has 1 aromatic heterocycles. The van der Waals surface area contributed by atoms with Crippen LogP contribution in [0.3, 0.4) is 0 Å². The molecule has 1 aromatic rings. The smallest absolute Gasteiger partial charge is 0.242 e. The van der Waals surface area contributed by atoms with Crippen molar-refractivity contribution in [2.75, 3.05) is 12.8 Å². The van der Waals surface area contributed by atoms with Crippen LogP contribution in [-0.4, -0.2) is 35.9 Å². The van der Waals surface area contributed by atoms with Crippen LogP contribution in [-0.2, 0) is 10.0 Å². The maximum Gasteiger partial charge on any atom is 0.242 e. The molecule has 0 atom stereocenters. The third-order valence-electron chi connectivity index (χ3n) is 2.53. The highest BCUT2D eigenvalue weighted by atomic mass is 32.2. The molecule has 3 N–H and O–H groups in total. The largest absolute Gasteiger partial charge is 0.388 e. The van der Waals surface area contributed by atoms with Crippen LogP contribution in [0.4, 0.5) is 0 Å². The van der Waals surface area contributed by atoms with Gasteiger partial charge in [0, 0.05) is 17.5 Å². The summed E-state index contributed by atoms with van der Waals surface area (Å²) in [6, 6.07) is 2.98. The highest BCUT2D eigenvalue weighted by Crippen LogP contribution is 2.21. The van der Waals surface area contributed by atoms with E-state index in [1.165, 1.54) is 18.3 Å². The van der Waals surface area contributed by atoms with Crippen molar-refractivity contribution in [3.05, 3.63) is 24.0 Å². The number of nitrogens with one attached hydrogen (secondary N) is 1. The van der Waals surface area contributed by atoms with Crippen LogP contribution in [0, 0.1) is 0 Å². The van der Waals surface area contributed by atoms with E-state index in [1.807, 2.05) is 20.1 Å². The lowest BCUT2D eigenvalue weighted by Crippen LogP contribution is -2.37. The summed E-state index contributed by atoms with van der Waals surface area (Å²) >= 11 is 6.40. The van der Waals surface area contributed by atoms with E-state index in [9.17, 15) is 8.42 Å². The van der Waals surface area contributed by atoms with E-state index in [1.54, 1.807) is 11.8 Å². The Kier molecular flexibility index (Phi) is 5.31. The van der Waals surface area contributed by atoms with E-state index < -0.39 is 10.0 Å². The normalized spacial score (nSPS) is 12.4. The Hall–Kier alpha value is -0.700. The molecule has 8 heteroatoms. The van der Waals surface area contributed by atoms with Crippen LogP contribution < -0.4 is 10.5 Å². The fraction of sp³-hybridized carbons (Fsp3) is 0.455. The minimum Gasteiger partial charge on any atom is -0.388 e. The van der Waals surface area contributed by atoms with Gasteiger partial charge in [-0.15, -0.1) is 0 Å².